The van der Waals surface area contributed by atoms with Gasteiger partial charge in [-0.25, -0.2) is 18.7 Å². The van der Waals surface area contributed by atoms with Crippen molar-refractivity contribution in [2.45, 2.75) is 24.4 Å². The molecule has 0 saturated carbocycles. The van der Waals surface area contributed by atoms with Gasteiger partial charge in [-0.3, -0.25) is 4.90 Å². The number of nitrogens with one attached hydrogen (secondary N) is 2. The first kappa shape index (κ1) is 23.8. The molecule has 4 heterocycles. The van der Waals surface area contributed by atoms with Gasteiger partial charge >= 0.3 is 6.18 Å². The minimum absolute atomic E-state index is 0.0525. The van der Waals surface area contributed by atoms with Crippen molar-refractivity contribution in [3.8, 4) is 0 Å². The number of nitrogens with two attached hydrogens (primary N) is 1. The van der Waals surface area contributed by atoms with Crippen molar-refractivity contribution in [3.05, 3.63) is 47.4 Å². The van der Waals surface area contributed by atoms with Crippen LogP contribution in [0.3, 0.4) is 0 Å². The number of hydrogen-bond donors (Lipinski definition) is 3. The summed E-state index contributed by atoms with van der Waals surface area (Å²) in [7, 11) is 0. The number of aromatic nitrogens is 3. The molecule has 2 aromatic heterocycles. The van der Waals surface area contributed by atoms with E-state index in [-0.39, 0.29) is 23.5 Å². The molecule has 4 N–H and O–H groups in total. The molecule has 0 amide bonds. The summed E-state index contributed by atoms with van der Waals surface area (Å²) in [6.45, 7) is 0.747. The first-order valence-electron chi connectivity index (χ1n) is 10.5. The molecular formula is C21H23F5N8. The van der Waals surface area contributed by atoms with Gasteiger partial charge in [0.2, 0.25) is 5.95 Å². The lowest BCUT2D eigenvalue weighted by Crippen LogP contribution is -2.57. The average Bonchev–Trinajstić information content (AvgIpc) is 3.24. The van der Waals surface area contributed by atoms with E-state index in [1.807, 2.05) is 0 Å². The monoisotopic (exact) mass is 482 g/mol. The van der Waals surface area contributed by atoms with Crippen molar-refractivity contribution in [3.63, 3.8) is 0 Å². The lowest BCUT2D eigenvalue weighted by Gasteiger charge is -2.38. The van der Waals surface area contributed by atoms with Crippen LogP contribution >= 0.6 is 0 Å². The molecule has 0 radical (unpaired) electrons. The third-order valence-corrected chi connectivity index (χ3v) is 5.70. The molecule has 2 aromatic rings. The van der Waals surface area contributed by atoms with Crippen LogP contribution in [0.1, 0.15) is 23.6 Å². The maximum absolute atomic E-state index is 13.4. The highest BCUT2D eigenvalue weighted by molar-refractivity contribution is 5.76. The Hall–Kier alpha value is -3.35. The highest BCUT2D eigenvalue weighted by Gasteiger charge is 2.45. The van der Waals surface area contributed by atoms with Crippen molar-refractivity contribution < 1.29 is 22.0 Å². The number of anilines is 3. The summed E-state index contributed by atoms with van der Waals surface area (Å²) in [6, 6.07) is 3.32. The molecule has 13 heteroatoms. The zero-order valence-corrected chi connectivity index (χ0v) is 18.0. The predicted octanol–water partition coefficient (Wildman–Crippen LogP) is 3.37. The predicted molar refractivity (Wildman–Crippen MR) is 117 cm³/mol. The van der Waals surface area contributed by atoms with Crippen molar-refractivity contribution >= 4 is 23.8 Å². The molecule has 8 nitrogen and oxygen atoms in total. The van der Waals surface area contributed by atoms with Gasteiger partial charge in [-0.1, -0.05) is 0 Å². The maximum atomic E-state index is 13.4. The molecule has 2 aliphatic rings. The van der Waals surface area contributed by atoms with Gasteiger partial charge in [0.05, 0.1) is 24.3 Å². The summed E-state index contributed by atoms with van der Waals surface area (Å²) >= 11 is 0. The third-order valence-electron chi connectivity index (χ3n) is 5.70. The third kappa shape index (κ3) is 5.41. The van der Waals surface area contributed by atoms with E-state index in [2.05, 4.69) is 25.2 Å². The Morgan fingerprint density at radius 3 is 2.65 bits per heavy atom. The van der Waals surface area contributed by atoms with Crippen LogP contribution in [0.5, 0.6) is 0 Å². The number of pyridine rings is 1. The molecule has 2 fully saturated rings. The van der Waals surface area contributed by atoms with Gasteiger partial charge < -0.3 is 21.4 Å². The van der Waals surface area contributed by atoms with Crippen LogP contribution in [0.15, 0.2) is 36.2 Å². The first-order chi connectivity index (χ1) is 16.1. The highest BCUT2D eigenvalue weighted by Crippen LogP contribution is 2.34. The Morgan fingerprint density at radius 2 is 2.00 bits per heavy atom. The Labute approximate surface area is 192 Å². The van der Waals surface area contributed by atoms with Crippen LogP contribution in [-0.4, -0.2) is 64.7 Å². The molecule has 0 aliphatic carbocycles. The number of alkyl halides is 5. The van der Waals surface area contributed by atoms with Crippen LogP contribution in [0.25, 0.3) is 0 Å². The smallest absolute Gasteiger partial charge is 0.404 e. The SMILES string of the molecule is N=CC(=CN)CN1CCC(c2cc(Nc3cc(C(F)(F)F)ccn3)nc(N3CC(F)(F)C3)n2)C1. The molecule has 1 unspecified atom stereocenters. The molecular weight excluding hydrogens is 459 g/mol. The van der Waals surface area contributed by atoms with Crippen molar-refractivity contribution in [2.24, 2.45) is 5.73 Å². The van der Waals surface area contributed by atoms with E-state index >= 15 is 0 Å². The van der Waals surface area contributed by atoms with Gasteiger partial charge in [0.25, 0.3) is 5.92 Å². The van der Waals surface area contributed by atoms with Crippen LogP contribution in [-0.2, 0) is 6.18 Å². The molecule has 2 saturated heterocycles. The lowest BCUT2D eigenvalue weighted by molar-refractivity contribution is -0.137. The average molecular weight is 482 g/mol. The first-order valence-corrected chi connectivity index (χ1v) is 10.5. The fourth-order valence-electron chi connectivity index (χ4n) is 3.95. The molecule has 4 rings (SSSR count). The van der Waals surface area contributed by atoms with Crippen LogP contribution in [0.4, 0.5) is 39.5 Å². The van der Waals surface area contributed by atoms with E-state index in [0.29, 0.717) is 24.4 Å². The molecule has 0 spiro atoms. The normalized spacial score (nSPS) is 20.8. The standard InChI is InChI=1S/C21H23F5N8/c22-20(23)11-34(12-20)19-30-16(14-2-4-33(10-14)9-13(7-27)8-28)6-18(32-19)31-17-5-15(1-3-29-17)21(24,25)26/h1,3,5-8,14,27H,2,4,9-12,28H2,(H,29,30,31,32). The molecule has 0 bridgehead atoms. The van der Waals surface area contributed by atoms with Gasteiger partial charge in [0.15, 0.2) is 0 Å². The number of nitrogens with zero attached hydrogens (tertiary/aromatic N) is 5. The Morgan fingerprint density at radius 1 is 1.24 bits per heavy atom. The Kier molecular flexibility index (Phi) is 6.39. The van der Waals surface area contributed by atoms with Crippen LogP contribution < -0.4 is 16.0 Å². The molecule has 0 aromatic carbocycles. The van der Waals surface area contributed by atoms with Gasteiger partial charge in [-0.15, -0.1) is 0 Å². The van der Waals surface area contributed by atoms with E-state index in [1.165, 1.54) is 17.3 Å². The molecule has 2 aliphatic heterocycles. The van der Waals surface area contributed by atoms with Crippen LogP contribution in [0, 0.1) is 5.41 Å². The fraction of sp³-hybridized carbons (Fsp3) is 0.429. The topological polar surface area (TPSA) is 107 Å². The second kappa shape index (κ2) is 9.12. The quantitative estimate of drug-likeness (QED) is 0.410. The lowest BCUT2D eigenvalue weighted by atomic mass is 10.0. The van der Waals surface area contributed by atoms with E-state index < -0.39 is 30.8 Å². The Bertz CT molecular complexity index is 1080. The molecule has 182 valence electrons. The largest absolute Gasteiger partial charge is 0.416 e. The number of halogens is 5. The summed E-state index contributed by atoms with van der Waals surface area (Å²) in [5, 5.41) is 10.2. The van der Waals surface area contributed by atoms with Crippen molar-refractivity contribution in [1.29, 1.82) is 5.41 Å². The second-order valence-corrected chi connectivity index (χ2v) is 8.35. The minimum Gasteiger partial charge on any atom is -0.404 e. The zero-order valence-electron chi connectivity index (χ0n) is 18.0. The summed E-state index contributed by atoms with van der Waals surface area (Å²) in [6.07, 6.45) is -0.221. The number of hydrogen-bond acceptors (Lipinski definition) is 8. The highest BCUT2D eigenvalue weighted by atomic mass is 19.4. The second-order valence-electron chi connectivity index (χ2n) is 8.35. The van der Waals surface area contributed by atoms with E-state index in [1.54, 1.807) is 6.07 Å². The summed E-state index contributed by atoms with van der Waals surface area (Å²) < 4.78 is 66.1. The van der Waals surface area contributed by atoms with Crippen molar-refractivity contribution in [1.82, 2.24) is 19.9 Å². The molecule has 1 atom stereocenters. The van der Waals surface area contributed by atoms with Crippen LogP contribution in [0.2, 0.25) is 0 Å². The Balaban J connectivity index is 1.59. The fourth-order valence-corrected chi connectivity index (χ4v) is 3.95. The number of likely N-dealkylation sites (tertiary alicyclic amines) is 1. The minimum atomic E-state index is -4.54. The van der Waals surface area contributed by atoms with Gasteiger partial charge in [-0.2, -0.15) is 18.2 Å². The van der Waals surface area contributed by atoms with E-state index in [0.717, 1.165) is 31.3 Å². The van der Waals surface area contributed by atoms with Crippen molar-refractivity contribution in [2.75, 3.05) is 42.9 Å². The zero-order chi connectivity index (χ0) is 24.5. The van der Waals surface area contributed by atoms with E-state index in [9.17, 15) is 22.0 Å². The van der Waals surface area contributed by atoms with E-state index in [4.69, 9.17) is 11.1 Å². The summed E-state index contributed by atoms with van der Waals surface area (Å²) in [5.74, 6) is -2.71. The summed E-state index contributed by atoms with van der Waals surface area (Å²) in [4.78, 5) is 16.1. The van der Waals surface area contributed by atoms with Gasteiger partial charge in [-0.05, 0) is 36.9 Å². The number of rotatable bonds is 7. The summed E-state index contributed by atoms with van der Waals surface area (Å²) in [5.41, 5.74) is 5.90. The van der Waals surface area contributed by atoms with Gasteiger partial charge in [0, 0.05) is 37.5 Å². The maximum Gasteiger partial charge on any atom is 0.416 e. The van der Waals surface area contributed by atoms with Gasteiger partial charge in [0.1, 0.15) is 11.6 Å². The molecule has 34 heavy (non-hydrogen) atoms.